The van der Waals surface area contributed by atoms with Crippen molar-refractivity contribution in [2.24, 2.45) is 7.05 Å². The van der Waals surface area contributed by atoms with Gasteiger partial charge in [0.15, 0.2) is 0 Å². The van der Waals surface area contributed by atoms with Gasteiger partial charge in [-0.15, -0.1) is 11.3 Å². The van der Waals surface area contributed by atoms with Crippen LogP contribution in [0.3, 0.4) is 0 Å². The van der Waals surface area contributed by atoms with Crippen LogP contribution in [0.1, 0.15) is 28.2 Å². The van der Waals surface area contributed by atoms with Gasteiger partial charge >= 0.3 is 0 Å². The highest BCUT2D eigenvalue weighted by atomic mass is 32.1. The van der Waals surface area contributed by atoms with E-state index in [9.17, 15) is 19.2 Å². The van der Waals surface area contributed by atoms with Gasteiger partial charge in [0.2, 0.25) is 17.7 Å². The molecule has 9 nitrogen and oxygen atoms in total. The molecule has 4 amide bonds. The van der Waals surface area contributed by atoms with Gasteiger partial charge in [0, 0.05) is 37.3 Å². The highest BCUT2D eigenvalue weighted by Crippen LogP contribution is 2.30. The van der Waals surface area contributed by atoms with Gasteiger partial charge in [-0.25, -0.2) is 0 Å². The summed E-state index contributed by atoms with van der Waals surface area (Å²) in [4.78, 5) is 56.1. The van der Waals surface area contributed by atoms with Crippen LogP contribution in [0.25, 0.3) is 0 Å². The second kappa shape index (κ2) is 8.09. The molecule has 0 radical (unpaired) electrons. The highest BCUT2D eigenvalue weighted by molar-refractivity contribution is 7.10. The summed E-state index contributed by atoms with van der Waals surface area (Å²) >= 11 is 1.51. The van der Waals surface area contributed by atoms with Crippen LogP contribution in [-0.4, -0.2) is 75.3 Å². The van der Waals surface area contributed by atoms with Crippen molar-refractivity contribution in [3.63, 3.8) is 0 Å². The Labute approximate surface area is 189 Å². The monoisotopic (exact) mass is 455 g/mol. The molecule has 168 valence electrons. The number of amides is 4. The van der Waals surface area contributed by atoms with Crippen LogP contribution < -0.4 is 10.6 Å². The van der Waals surface area contributed by atoms with Crippen molar-refractivity contribution in [3.8, 4) is 0 Å². The van der Waals surface area contributed by atoms with Crippen molar-refractivity contribution in [1.82, 2.24) is 25.0 Å². The fourth-order valence-corrected chi connectivity index (χ4v) is 5.73. The first-order chi connectivity index (χ1) is 15.4. The number of nitrogens with one attached hydrogen (secondary N) is 2. The average molecular weight is 456 g/mol. The maximum Gasteiger partial charge on any atom is 0.268 e. The van der Waals surface area contributed by atoms with Crippen molar-refractivity contribution >= 4 is 35.0 Å². The molecule has 3 fully saturated rings. The number of aryl methyl sites for hydroxylation is 1. The number of nitrogens with zero attached hydrogens (tertiary/aromatic N) is 3. The van der Waals surface area contributed by atoms with Gasteiger partial charge in [-0.2, -0.15) is 0 Å². The predicted molar refractivity (Wildman–Crippen MR) is 117 cm³/mol. The fourth-order valence-electron chi connectivity index (χ4n) is 5.03. The molecule has 4 atom stereocenters. The zero-order chi connectivity index (χ0) is 22.4. The molecule has 0 aliphatic carbocycles. The summed E-state index contributed by atoms with van der Waals surface area (Å²) in [6.45, 7) is 0.695. The minimum Gasteiger partial charge on any atom is -0.349 e. The number of hydrogen-bond acceptors (Lipinski definition) is 5. The smallest absolute Gasteiger partial charge is 0.268 e. The number of aromatic nitrogens is 1. The van der Waals surface area contributed by atoms with Crippen molar-refractivity contribution in [1.29, 1.82) is 0 Å². The Morgan fingerprint density at radius 2 is 2.09 bits per heavy atom. The Hall–Kier alpha value is -3.14. The molecular weight excluding hydrogens is 430 g/mol. The van der Waals surface area contributed by atoms with E-state index in [1.165, 1.54) is 11.3 Å². The van der Waals surface area contributed by atoms with E-state index in [-0.39, 0.29) is 48.7 Å². The van der Waals surface area contributed by atoms with Gasteiger partial charge in [-0.05, 0) is 36.4 Å². The molecule has 2 aromatic rings. The van der Waals surface area contributed by atoms with Gasteiger partial charge in [0.1, 0.15) is 17.8 Å². The van der Waals surface area contributed by atoms with E-state index in [1.807, 2.05) is 17.5 Å². The van der Waals surface area contributed by atoms with E-state index in [0.717, 1.165) is 4.88 Å². The average Bonchev–Trinajstić information content (AvgIpc) is 3.53. The summed E-state index contributed by atoms with van der Waals surface area (Å²) in [5.41, 5.74) is 0.518. The SMILES string of the molecule is Cn1cccc1C(=O)N[C@@H]1C[C@H]2C(=O)N[C@@H]3CCN(C(=O)Cc4cccs4)[C@@H]3C(=O)N2C1. The third-order valence-electron chi connectivity index (χ3n) is 6.60. The van der Waals surface area contributed by atoms with Crippen molar-refractivity contribution < 1.29 is 19.2 Å². The summed E-state index contributed by atoms with van der Waals surface area (Å²) in [6, 6.07) is 5.28. The van der Waals surface area contributed by atoms with E-state index in [2.05, 4.69) is 10.6 Å². The van der Waals surface area contributed by atoms with Crippen molar-refractivity contribution in [2.45, 2.75) is 43.4 Å². The molecule has 0 saturated carbocycles. The van der Waals surface area contributed by atoms with Gasteiger partial charge in [0.05, 0.1) is 12.5 Å². The summed E-state index contributed by atoms with van der Waals surface area (Å²) in [7, 11) is 1.79. The van der Waals surface area contributed by atoms with Crippen molar-refractivity contribution in [3.05, 3.63) is 46.4 Å². The first kappa shape index (κ1) is 20.7. The van der Waals surface area contributed by atoms with Gasteiger partial charge < -0.3 is 25.0 Å². The fraction of sp³-hybridized carbons (Fsp3) is 0.455. The predicted octanol–water partition coefficient (Wildman–Crippen LogP) is 0.128. The van der Waals surface area contributed by atoms with Crippen LogP contribution in [0.4, 0.5) is 0 Å². The Morgan fingerprint density at radius 3 is 2.81 bits per heavy atom. The minimum atomic E-state index is -0.696. The molecule has 2 N–H and O–H groups in total. The first-order valence-corrected chi connectivity index (χ1v) is 11.6. The summed E-state index contributed by atoms with van der Waals surface area (Å²) < 4.78 is 1.72. The topological polar surface area (TPSA) is 104 Å². The third-order valence-corrected chi connectivity index (χ3v) is 7.48. The first-order valence-electron chi connectivity index (χ1n) is 10.8. The van der Waals surface area contributed by atoms with Crippen molar-refractivity contribution in [2.75, 3.05) is 13.1 Å². The molecule has 0 bridgehead atoms. The van der Waals surface area contributed by atoms with Crippen LogP contribution in [0.15, 0.2) is 35.8 Å². The zero-order valence-electron chi connectivity index (χ0n) is 17.7. The van der Waals surface area contributed by atoms with Crippen LogP contribution >= 0.6 is 11.3 Å². The number of fused-ring (bicyclic) bond motifs is 2. The lowest BCUT2D eigenvalue weighted by molar-refractivity contribution is -0.144. The third kappa shape index (κ3) is 3.58. The molecule has 10 heteroatoms. The van der Waals surface area contributed by atoms with Crippen LogP contribution in [0, 0.1) is 0 Å². The number of carbonyl (C=O) groups excluding carboxylic acids is 4. The Bertz CT molecular complexity index is 1060. The quantitative estimate of drug-likeness (QED) is 0.684. The number of thiophene rings is 1. The largest absolute Gasteiger partial charge is 0.349 e. The summed E-state index contributed by atoms with van der Waals surface area (Å²) in [5, 5.41) is 7.86. The lowest BCUT2D eigenvalue weighted by atomic mass is 10.1. The second-order valence-corrected chi connectivity index (χ2v) is 9.64. The molecule has 2 aromatic heterocycles. The van der Waals surface area contributed by atoms with E-state index in [4.69, 9.17) is 0 Å². The lowest BCUT2D eigenvalue weighted by Gasteiger charge is -2.29. The van der Waals surface area contributed by atoms with E-state index in [0.29, 0.717) is 25.1 Å². The molecule has 0 aromatic carbocycles. The normalized spacial score (nSPS) is 27.0. The zero-order valence-corrected chi connectivity index (χ0v) is 18.5. The molecular formula is C22H25N5O4S. The summed E-state index contributed by atoms with van der Waals surface area (Å²) in [5.74, 6) is -0.770. The molecule has 32 heavy (non-hydrogen) atoms. The maximum absolute atomic E-state index is 13.5. The molecule has 3 aliphatic rings. The second-order valence-electron chi connectivity index (χ2n) is 8.61. The Kier molecular flexibility index (Phi) is 5.24. The molecule has 5 heterocycles. The summed E-state index contributed by atoms with van der Waals surface area (Å²) in [6.07, 6.45) is 2.96. The molecule has 0 unspecified atom stereocenters. The molecule has 0 spiro atoms. The van der Waals surface area contributed by atoms with E-state index >= 15 is 0 Å². The Morgan fingerprint density at radius 1 is 1.25 bits per heavy atom. The molecule has 3 saturated heterocycles. The van der Waals surface area contributed by atoms with Crippen LogP contribution in [0.2, 0.25) is 0 Å². The minimum absolute atomic E-state index is 0.103. The number of carbonyl (C=O) groups is 4. The van der Waals surface area contributed by atoms with E-state index < -0.39 is 12.1 Å². The number of hydrogen-bond donors (Lipinski definition) is 2. The van der Waals surface area contributed by atoms with Gasteiger partial charge in [-0.3, -0.25) is 19.2 Å². The standard InChI is InChI=1S/C22H25N5O4S/c1-25-7-2-5-16(25)20(29)23-13-10-17-21(30)24-15-6-8-26(19(15)22(31)27(17)12-13)18(28)11-14-4-3-9-32-14/h2-5,7,9,13,15,17,19H,6,8,10-12H2,1H3,(H,23,29)(H,24,30)/t13-,15-,17+,19+/m1/s1. The highest BCUT2D eigenvalue weighted by Gasteiger charge is 2.52. The maximum atomic E-state index is 13.5. The van der Waals surface area contributed by atoms with Gasteiger partial charge in [-0.1, -0.05) is 6.07 Å². The lowest BCUT2D eigenvalue weighted by Crippen LogP contribution is -2.53. The Balaban J connectivity index is 1.31. The van der Waals surface area contributed by atoms with Crippen LogP contribution in [0.5, 0.6) is 0 Å². The molecule has 5 rings (SSSR count). The number of likely N-dealkylation sites (tertiary alicyclic amines) is 1. The number of rotatable bonds is 4. The van der Waals surface area contributed by atoms with E-state index in [1.54, 1.807) is 39.7 Å². The molecule has 3 aliphatic heterocycles. The van der Waals surface area contributed by atoms with Gasteiger partial charge in [0.25, 0.3) is 5.91 Å². The van der Waals surface area contributed by atoms with Crippen LogP contribution in [-0.2, 0) is 27.9 Å².